The molecule has 0 saturated carbocycles. The molecule has 0 fully saturated rings. The monoisotopic (exact) mass is 411 g/mol. The van der Waals surface area contributed by atoms with Crippen molar-refractivity contribution in [2.75, 3.05) is 7.11 Å². The molecule has 0 aliphatic carbocycles. The molecule has 0 saturated heterocycles. The summed E-state index contributed by atoms with van der Waals surface area (Å²) >= 11 is 0. The number of aryl methyl sites for hydroxylation is 1. The van der Waals surface area contributed by atoms with E-state index in [4.69, 9.17) is 14.2 Å². The lowest BCUT2D eigenvalue weighted by molar-refractivity contribution is -0.160. The van der Waals surface area contributed by atoms with Crippen molar-refractivity contribution in [2.45, 2.75) is 33.0 Å². The largest absolute Gasteiger partial charge is 0.476 e. The van der Waals surface area contributed by atoms with E-state index >= 15 is 0 Å². The summed E-state index contributed by atoms with van der Waals surface area (Å²) in [5.41, 5.74) is 0.593. The van der Waals surface area contributed by atoms with E-state index in [1.807, 2.05) is 24.3 Å². The molecule has 0 aliphatic heterocycles. The zero-order chi connectivity index (χ0) is 21.9. The van der Waals surface area contributed by atoms with Crippen LogP contribution in [0.5, 0.6) is 5.75 Å². The van der Waals surface area contributed by atoms with Crippen molar-refractivity contribution < 1.29 is 28.2 Å². The van der Waals surface area contributed by atoms with E-state index in [0.717, 1.165) is 5.39 Å². The van der Waals surface area contributed by atoms with Crippen LogP contribution in [0.4, 0.5) is 4.39 Å². The van der Waals surface area contributed by atoms with Crippen molar-refractivity contribution >= 4 is 22.8 Å². The van der Waals surface area contributed by atoms with Crippen molar-refractivity contribution in [3.63, 3.8) is 0 Å². The van der Waals surface area contributed by atoms with Gasteiger partial charge in [0.25, 0.3) is 0 Å². The number of methoxy groups -OCH3 is 1. The number of pyridine rings is 1. The van der Waals surface area contributed by atoms with E-state index in [0.29, 0.717) is 22.5 Å². The van der Waals surface area contributed by atoms with Gasteiger partial charge in [0.2, 0.25) is 0 Å². The maximum atomic E-state index is 13.1. The number of aromatic nitrogens is 1. The second kappa shape index (κ2) is 8.49. The molecular formula is C23H22FNO5. The van der Waals surface area contributed by atoms with Crippen molar-refractivity contribution in [1.82, 2.24) is 4.98 Å². The Morgan fingerprint density at radius 2 is 1.73 bits per heavy atom. The molecule has 3 aromatic rings. The third-order valence-electron chi connectivity index (χ3n) is 4.63. The van der Waals surface area contributed by atoms with Crippen LogP contribution in [0.1, 0.15) is 35.5 Å². The van der Waals surface area contributed by atoms with Gasteiger partial charge in [-0.3, -0.25) is 0 Å². The summed E-state index contributed by atoms with van der Waals surface area (Å²) in [5.74, 6) is -1.29. The van der Waals surface area contributed by atoms with E-state index in [1.54, 1.807) is 20.8 Å². The molecule has 1 heterocycles. The Morgan fingerprint density at radius 1 is 1.07 bits per heavy atom. The van der Waals surface area contributed by atoms with Crippen LogP contribution in [0.25, 0.3) is 10.9 Å². The molecule has 6 nitrogen and oxygen atoms in total. The van der Waals surface area contributed by atoms with Gasteiger partial charge in [0.05, 0.1) is 23.9 Å². The highest BCUT2D eigenvalue weighted by atomic mass is 19.1. The standard InChI is InChI=1S/C23H22FNO5/c1-14-17-7-5-6-8-18(17)25-19(20(14)21(26)28-4)13-29-22(27)23(2,3)30-16-11-9-15(24)10-12-16/h5-12H,13H2,1-4H3. The van der Waals surface area contributed by atoms with Crippen LogP contribution in [0.2, 0.25) is 0 Å². The van der Waals surface area contributed by atoms with Crippen LogP contribution in [0.3, 0.4) is 0 Å². The van der Waals surface area contributed by atoms with Crippen molar-refractivity contribution in [2.24, 2.45) is 0 Å². The maximum absolute atomic E-state index is 13.1. The van der Waals surface area contributed by atoms with Gasteiger partial charge < -0.3 is 14.2 Å². The van der Waals surface area contributed by atoms with Crippen molar-refractivity contribution in [3.05, 3.63) is 71.2 Å². The molecule has 1 aromatic heterocycles. The highest BCUT2D eigenvalue weighted by Crippen LogP contribution is 2.25. The van der Waals surface area contributed by atoms with E-state index in [1.165, 1.54) is 31.4 Å². The smallest absolute Gasteiger partial charge is 0.350 e. The first kappa shape index (κ1) is 21.2. The lowest BCUT2D eigenvalue weighted by Crippen LogP contribution is -2.39. The summed E-state index contributed by atoms with van der Waals surface area (Å²) in [6.07, 6.45) is 0. The van der Waals surface area contributed by atoms with Crippen LogP contribution in [0, 0.1) is 12.7 Å². The van der Waals surface area contributed by atoms with Gasteiger partial charge in [-0.2, -0.15) is 0 Å². The van der Waals surface area contributed by atoms with Gasteiger partial charge in [0, 0.05) is 5.39 Å². The van der Waals surface area contributed by atoms with Crippen LogP contribution < -0.4 is 4.74 Å². The first-order valence-electron chi connectivity index (χ1n) is 9.31. The fourth-order valence-electron chi connectivity index (χ4n) is 3.06. The summed E-state index contributed by atoms with van der Waals surface area (Å²) < 4.78 is 29.0. The molecular weight excluding hydrogens is 389 g/mol. The van der Waals surface area contributed by atoms with Crippen molar-refractivity contribution in [3.8, 4) is 5.75 Å². The first-order valence-corrected chi connectivity index (χ1v) is 9.31. The highest BCUT2D eigenvalue weighted by molar-refractivity contribution is 5.98. The number of halogens is 1. The lowest BCUT2D eigenvalue weighted by Gasteiger charge is -2.24. The predicted octanol–water partition coefficient (Wildman–Crippen LogP) is 4.37. The molecule has 0 radical (unpaired) electrons. The number of esters is 2. The zero-order valence-electron chi connectivity index (χ0n) is 17.2. The summed E-state index contributed by atoms with van der Waals surface area (Å²) in [4.78, 5) is 29.5. The Balaban J connectivity index is 1.84. The Kier molecular flexibility index (Phi) is 6.01. The van der Waals surface area contributed by atoms with Gasteiger partial charge in [-0.1, -0.05) is 18.2 Å². The fraction of sp³-hybridized carbons (Fsp3) is 0.261. The third-order valence-corrected chi connectivity index (χ3v) is 4.63. The number of hydrogen-bond acceptors (Lipinski definition) is 6. The number of nitrogens with zero attached hydrogens (tertiary/aromatic N) is 1. The second-order valence-electron chi connectivity index (χ2n) is 7.21. The number of fused-ring (bicyclic) bond motifs is 1. The van der Waals surface area contributed by atoms with E-state index in [-0.39, 0.29) is 12.2 Å². The Bertz CT molecular complexity index is 1090. The molecule has 0 spiro atoms. The summed E-state index contributed by atoms with van der Waals surface area (Å²) in [6, 6.07) is 12.7. The number of para-hydroxylation sites is 1. The number of carbonyl (C=O) groups is 2. The maximum Gasteiger partial charge on any atom is 0.350 e. The molecule has 156 valence electrons. The molecule has 0 amide bonds. The first-order chi connectivity index (χ1) is 14.2. The van der Waals surface area contributed by atoms with Gasteiger partial charge in [0.1, 0.15) is 18.2 Å². The molecule has 0 bridgehead atoms. The highest BCUT2D eigenvalue weighted by Gasteiger charge is 2.32. The van der Waals surface area contributed by atoms with Crippen LogP contribution in [0.15, 0.2) is 48.5 Å². The molecule has 0 aliphatic rings. The number of rotatable bonds is 6. The summed E-state index contributed by atoms with van der Waals surface area (Å²) in [7, 11) is 1.28. The average Bonchev–Trinajstić information content (AvgIpc) is 2.73. The number of ether oxygens (including phenoxy) is 3. The minimum absolute atomic E-state index is 0.231. The van der Waals surface area contributed by atoms with Gasteiger partial charge in [0.15, 0.2) is 5.60 Å². The molecule has 7 heteroatoms. The normalized spacial score (nSPS) is 11.2. The molecule has 0 unspecified atom stereocenters. The average molecular weight is 411 g/mol. The summed E-state index contributed by atoms with van der Waals surface area (Å²) in [6.45, 7) is 4.65. The van der Waals surface area contributed by atoms with Gasteiger partial charge in [-0.15, -0.1) is 0 Å². The van der Waals surface area contributed by atoms with Crippen molar-refractivity contribution in [1.29, 1.82) is 0 Å². The number of carbonyl (C=O) groups excluding carboxylic acids is 2. The fourth-order valence-corrected chi connectivity index (χ4v) is 3.06. The van der Waals surface area contributed by atoms with E-state index in [9.17, 15) is 14.0 Å². The van der Waals surface area contributed by atoms with Gasteiger partial charge in [-0.25, -0.2) is 19.0 Å². The molecule has 0 N–H and O–H groups in total. The van der Waals surface area contributed by atoms with Crippen LogP contribution in [-0.2, 0) is 20.9 Å². The SMILES string of the molecule is COC(=O)c1c(COC(=O)C(C)(C)Oc2ccc(F)cc2)nc2ccccc2c1C. The third kappa shape index (κ3) is 4.40. The zero-order valence-corrected chi connectivity index (χ0v) is 17.2. The Hall–Kier alpha value is -3.48. The Labute approximate surface area is 173 Å². The molecule has 30 heavy (non-hydrogen) atoms. The summed E-state index contributed by atoms with van der Waals surface area (Å²) in [5, 5.41) is 0.813. The minimum atomic E-state index is -1.34. The van der Waals surface area contributed by atoms with E-state index in [2.05, 4.69) is 4.98 Å². The van der Waals surface area contributed by atoms with Crippen LogP contribution >= 0.6 is 0 Å². The Morgan fingerprint density at radius 3 is 2.40 bits per heavy atom. The van der Waals surface area contributed by atoms with Gasteiger partial charge in [-0.05, 0) is 56.7 Å². The quantitative estimate of drug-likeness (QED) is 0.561. The molecule has 0 atom stereocenters. The number of benzene rings is 2. The second-order valence-corrected chi connectivity index (χ2v) is 7.21. The van der Waals surface area contributed by atoms with E-state index < -0.39 is 23.4 Å². The predicted molar refractivity (Wildman–Crippen MR) is 109 cm³/mol. The minimum Gasteiger partial charge on any atom is -0.476 e. The molecule has 3 rings (SSSR count). The van der Waals surface area contributed by atoms with Gasteiger partial charge >= 0.3 is 11.9 Å². The van der Waals surface area contributed by atoms with Crippen LogP contribution in [-0.4, -0.2) is 29.6 Å². The molecule has 2 aromatic carbocycles. The lowest BCUT2D eigenvalue weighted by atomic mass is 10.0. The topological polar surface area (TPSA) is 74.7 Å². The number of hydrogen-bond donors (Lipinski definition) is 0.